The van der Waals surface area contributed by atoms with Crippen LogP contribution in [-0.4, -0.2) is 59.8 Å². The van der Waals surface area contributed by atoms with Gasteiger partial charge >= 0.3 is 0 Å². The first-order valence-electron chi connectivity index (χ1n) is 11.2. The van der Waals surface area contributed by atoms with Crippen LogP contribution in [0.4, 0.5) is 14.6 Å². The Morgan fingerprint density at radius 1 is 1.09 bits per heavy atom. The van der Waals surface area contributed by atoms with Crippen molar-refractivity contribution in [2.75, 3.05) is 23.4 Å². The quantitative estimate of drug-likeness (QED) is 0.514. The molecule has 2 fully saturated rings. The highest BCUT2D eigenvalue weighted by Gasteiger charge is 2.48. The molecule has 2 aromatic heterocycles. The largest absolute Gasteiger partial charge is 0.368 e. The minimum Gasteiger partial charge on any atom is -0.368 e. The number of hydrogen-bond acceptors (Lipinski definition) is 7. The Bertz CT molecular complexity index is 1350. The van der Waals surface area contributed by atoms with E-state index in [9.17, 15) is 22.0 Å². The van der Waals surface area contributed by atoms with Gasteiger partial charge in [0.2, 0.25) is 0 Å². The molecule has 1 aromatic carbocycles. The summed E-state index contributed by atoms with van der Waals surface area (Å²) in [6, 6.07) is 12.7. The normalized spacial score (nSPS) is 23.1. The molecule has 1 saturated heterocycles. The second-order valence-electron chi connectivity index (χ2n) is 9.11. The predicted octanol–water partition coefficient (Wildman–Crippen LogP) is 2.69. The summed E-state index contributed by atoms with van der Waals surface area (Å²) in [6.07, 6.45) is 0.871. The van der Waals surface area contributed by atoms with Crippen LogP contribution < -0.4 is 10.6 Å². The number of nitrogens with zero attached hydrogens (tertiary/aromatic N) is 3. The van der Waals surface area contributed by atoms with Crippen LogP contribution in [0, 0.1) is 5.82 Å². The third-order valence-corrected chi connectivity index (χ3v) is 8.24. The van der Waals surface area contributed by atoms with E-state index in [0.29, 0.717) is 22.6 Å². The van der Waals surface area contributed by atoms with Gasteiger partial charge in [-0.2, -0.15) is 0 Å². The van der Waals surface area contributed by atoms with Crippen molar-refractivity contribution in [2.24, 2.45) is 0 Å². The molecule has 35 heavy (non-hydrogen) atoms. The zero-order valence-electron chi connectivity index (χ0n) is 18.6. The van der Waals surface area contributed by atoms with Crippen LogP contribution in [0.15, 0.2) is 54.7 Å². The SMILES string of the molecule is O=C(NC1CS(=O)(=O)C1)c1cccc(-c2ccc(NCC3(c4ncccc4F)CC(F)C3)nn2)c1. The molecule has 0 spiro atoms. The van der Waals surface area contributed by atoms with Gasteiger partial charge in [0.25, 0.3) is 5.91 Å². The molecule has 1 amide bonds. The Hall–Kier alpha value is -3.47. The van der Waals surface area contributed by atoms with Crippen molar-refractivity contribution >= 4 is 21.6 Å². The topological polar surface area (TPSA) is 114 Å². The average molecular weight is 500 g/mol. The number of hydrogen-bond donors (Lipinski definition) is 2. The van der Waals surface area contributed by atoms with Crippen LogP contribution in [0.5, 0.6) is 0 Å². The molecule has 182 valence electrons. The van der Waals surface area contributed by atoms with Crippen molar-refractivity contribution in [1.29, 1.82) is 0 Å². The van der Waals surface area contributed by atoms with Crippen molar-refractivity contribution in [2.45, 2.75) is 30.5 Å². The van der Waals surface area contributed by atoms with Gasteiger partial charge in [-0.15, -0.1) is 10.2 Å². The molecule has 1 saturated carbocycles. The van der Waals surface area contributed by atoms with Crippen molar-refractivity contribution in [1.82, 2.24) is 20.5 Å². The molecule has 3 aromatic rings. The lowest BCUT2D eigenvalue weighted by molar-refractivity contribution is 0.0941. The lowest BCUT2D eigenvalue weighted by Gasteiger charge is -2.44. The first kappa shape index (κ1) is 23.3. The van der Waals surface area contributed by atoms with E-state index in [4.69, 9.17) is 0 Å². The monoisotopic (exact) mass is 499 g/mol. The average Bonchev–Trinajstić information content (AvgIpc) is 2.81. The Morgan fingerprint density at radius 3 is 2.54 bits per heavy atom. The summed E-state index contributed by atoms with van der Waals surface area (Å²) in [7, 11) is -3.03. The summed E-state index contributed by atoms with van der Waals surface area (Å²) in [5.74, 6) is -0.439. The van der Waals surface area contributed by atoms with Crippen LogP contribution >= 0.6 is 0 Å². The molecule has 2 aliphatic rings. The summed E-state index contributed by atoms with van der Waals surface area (Å²) in [5.41, 5.74) is 1.10. The molecule has 0 bridgehead atoms. The van der Waals surface area contributed by atoms with Gasteiger partial charge in [0, 0.05) is 29.3 Å². The summed E-state index contributed by atoms with van der Waals surface area (Å²) in [4.78, 5) is 16.6. The summed E-state index contributed by atoms with van der Waals surface area (Å²) in [5, 5.41) is 14.2. The number of nitrogens with one attached hydrogen (secondary N) is 2. The lowest BCUT2D eigenvalue weighted by Crippen LogP contribution is -2.52. The van der Waals surface area contributed by atoms with Gasteiger partial charge in [-0.25, -0.2) is 17.2 Å². The maximum Gasteiger partial charge on any atom is 0.251 e. The Kier molecular flexibility index (Phi) is 5.96. The fourth-order valence-electron chi connectivity index (χ4n) is 4.56. The Morgan fingerprint density at radius 2 is 1.89 bits per heavy atom. The molecule has 3 heterocycles. The van der Waals surface area contributed by atoms with Crippen molar-refractivity contribution in [3.05, 3.63) is 71.8 Å². The van der Waals surface area contributed by atoms with Gasteiger partial charge in [0.05, 0.1) is 28.9 Å². The van der Waals surface area contributed by atoms with Gasteiger partial charge in [-0.05, 0) is 49.2 Å². The van der Waals surface area contributed by atoms with E-state index >= 15 is 0 Å². The number of halogens is 2. The maximum atomic E-state index is 14.3. The smallest absolute Gasteiger partial charge is 0.251 e. The number of anilines is 1. The van der Waals surface area contributed by atoms with Gasteiger partial charge in [0.1, 0.15) is 17.8 Å². The molecule has 2 N–H and O–H groups in total. The van der Waals surface area contributed by atoms with Crippen LogP contribution in [-0.2, 0) is 15.3 Å². The fourth-order valence-corrected chi connectivity index (χ4v) is 5.86. The number of amides is 1. The molecule has 11 heteroatoms. The molecule has 5 rings (SSSR count). The molecule has 1 aliphatic carbocycles. The van der Waals surface area contributed by atoms with E-state index in [-0.39, 0.29) is 48.5 Å². The van der Waals surface area contributed by atoms with Crippen LogP contribution in [0.25, 0.3) is 11.3 Å². The van der Waals surface area contributed by atoms with Gasteiger partial charge in [-0.3, -0.25) is 9.78 Å². The molecule has 1 aliphatic heterocycles. The van der Waals surface area contributed by atoms with E-state index in [1.807, 2.05) is 0 Å². The number of sulfone groups is 1. The minimum atomic E-state index is -3.03. The number of aromatic nitrogens is 3. The predicted molar refractivity (Wildman–Crippen MR) is 126 cm³/mol. The highest BCUT2D eigenvalue weighted by atomic mass is 32.2. The van der Waals surface area contributed by atoms with Crippen LogP contribution in [0.3, 0.4) is 0 Å². The standard InChI is InChI=1S/C24H23F2N5O3S/c25-17-10-24(11-17,22-19(26)5-2-8-27-22)14-28-21-7-6-20(30-31-21)15-3-1-4-16(9-15)23(32)29-18-12-35(33,34)13-18/h1-9,17-18H,10-14H2,(H,28,31)(H,29,32). The first-order chi connectivity index (χ1) is 16.7. The highest BCUT2D eigenvalue weighted by molar-refractivity contribution is 7.92. The minimum absolute atomic E-state index is 0.0430. The van der Waals surface area contributed by atoms with Gasteiger partial charge < -0.3 is 10.6 Å². The molecular weight excluding hydrogens is 476 g/mol. The zero-order valence-corrected chi connectivity index (χ0v) is 19.4. The fraction of sp³-hybridized carbons (Fsp3) is 0.333. The van der Waals surface area contributed by atoms with E-state index in [2.05, 4.69) is 25.8 Å². The van der Waals surface area contributed by atoms with Crippen LogP contribution in [0.2, 0.25) is 0 Å². The second-order valence-corrected chi connectivity index (χ2v) is 11.3. The number of alkyl halides is 1. The summed E-state index contributed by atoms with van der Waals surface area (Å²) < 4.78 is 50.7. The third kappa shape index (κ3) is 4.86. The maximum absolute atomic E-state index is 14.3. The Balaban J connectivity index is 1.25. The van der Waals surface area contributed by atoms with Crippen molar-refractivity contribution in [3.8, 4) is 11.3 Å². The molecule has 0 atom stereocenters. The summed E-state index contributed by atoms with van der Waals surface area (Å²) in [6.45, 7) is 0.266. The number of carbonyl (C=O) groups excluding carboxylic acids is 1. The van der Waals surface area contributed by atoms with E-state index in [1.54, 1.807) is 36.4 Å². The summed E-state index contributed by atoms with van der Waals surface area (Å²) >= 11 is 0. The number of rotatable bonds is 7. The van der Waals surface area contributed by atoms with Crippen LogP contribution in [0.1, 0.15) is 28.9 Å². The first-order valence-corrected chi connectivity index (χ1v) is 13.0. The second kappa shape index (κ2) is 8.95. The third-order valence-electron chi connectivity index (χ3n) is 6.42. The number of carbonyl (C=O) groups is 1. The lowest BCUT2D eigenvalue weighted by atomic mass is 9.65. The van der Waals surface area contributed by atoms with Gasteiger partial charge in [0.15, 0.2) is 9.84 Å². The number of benzene rings is 1. The molecule has 8 nitrogen and oxygen atoms in total. The zero-order chi connectivity index (χ0) is 24.6. The van der Waals surface area contributed by atoms with Crippen molar-refractivity contribution < 1.29 is 22.0 Å². The number of pyridine rings is 1. The highest BCUT2D eigenvalue weighted by Crippen LogP contribution is 2.45. The van der Waals surface area contributed by atoms with E-state index in [1.165, 1.54) is 18.3 Å². The van der Waals surface area contributed by atoms with E-state index < -0.39 is 27.2 Å². The molecular formula is C24H23F2N5O3S. The van der Waals surface area contributed by atoms with Gasteiger partial charge in [-0.1, -0.05) is 12.1 Å². The Labute approximate surface area is 201 Å². The van der Waals surface area contributed by atoms with Crippen molar-refractivity contribution in [3.63, 3.8) is 0 Å². The molecule has 0 unspecified atom stereocenters. The van der Waals surface area contributed by atoms with E-state index in [0.717, 1.165) is 0 Å². The molecule has 0 radical (unpaired) electrons.